The Morgan fingerprint density at radius 2 is 1.93 bits per heavy atom. The van der Waals surface area contributed by atoms with Crippen molar-refractivity contribution >= 4 is 17.3 Å². The molecule has 29 heavy (non-hydrogen) atoms. The summed E-state index contributed by atoms with van der Waals surface area (Å²) in [6.07, 6.45) is 6.38. The summed E-state index contributed by atoms with van der Waals surface area (Å²) in [5, 5.41) is 4.30. The highest BCUT2D eigenvalue weighted by molar-refractivity contribution is 7.80. The number of rotatable bonds is 5. The molecule has 2 aliphatic heterocycles. The smallest absolute Gasteiger partial charge is 0.170 e. The van der Waals surface area contributed by atoms with Gasteiger partial charge in [0, 0.05) is 36.9 Å². The Morgan fingerprint density at radius 3 is 2.69 bits per heavy atom. The largest absolute Gasteiger partial charge is 0.376 e. The summed E-state index contributed by atoms with van der Waals surface area (Å²) < 4.78 is 8.18. The average molecular weight is 405 g/mol. The summed E-state index contributed by atoms with van der Waals surface area (Å²) in [5.41, 5.74) is 3.33. The average Bonchev–Trinajstić information content (AvgIpc) is 3.51. The number of hydrogen-bond acceptors (Lipinski definition) is 3. The second-order valence-corrected chi connectivity index (χ2v) is 7.94. The first-order valence-electron chi connectivity index (χ1n) is 10.1. The van der Waals surface area contributed by atoms with Gasteiger partial charge in [0.15, 0.2) is 5.11 Å². The van der Waals surface area contributed by atoms with Crippen molar-refractivity contribution < 1.29 is 4.74 Å². The van der Waals surface area contributed by atoms with E-state index in [0.717, 1.165) is 42.5 Å². The quantitative estimate of drug-likeness (QED) is 0.651. The van der Waals surface area contributed by atoms with Crippen LogP contribution < -0.4 is 5.32 Å². The highest BCUT2D eigenvalue weighted by Gasteiger charge is 2.42. The van der Waals surface area contributed by atoms with Crippen LogP contribution in [-0.4, -0.2) is 38.8 Å². The van der Waals surface area contributed by atoms with Crippen molar-refractivity contribution in [2.24, 2.45) is 0 Å². The van der Waals surface area contributed by atoms with E-state index in [1.54, 1.807) is 0 Å². The van der Waals surface area contributed by atoms with Crippen LogP contribution in [0.1, 0.15) is 36.3 Å². The first kappa shape index (κ1) is 18.3. The second-order valence-electron chi connectivity index (χ2n) is 7.55. The Morgan fingerprint density at radius 1 is 1.07 bits per heavy atom. The highest BCUT2D eigenvalue weighted by Crippen LogP contribution is 2.40. The Labute approximate surface area is 176 Å². The molecule has 0 unspecified atom stereocenters. The SMILES string of the molecule is S=C1N[C@H](c2ccccn2)[C@@H](c2cccn2-c2ccccc2)N1C[C@@H]1CCCO1. The molecule has 1 N–H and O–H groups in total. The lowest BCUT2D eigenvalue weighted by Crippen LogP contribution is -2.36. The van der Waals surface area contributed by atoms with Crippen LogP contribution in [0.5, 0.6) is 0 Å². The zero-order chi connectivity index (χ0) is 19.6. The summed E-state index contributed by atoms with van der Waals surface area (Å²) in [5.74, 6) is 0. The molecule has 0 bridgehead atoms. The molecule has 2 aliphatic rings. The van der Waals surface area contributed by atoms with E-state index >= 15 is 0 Å². The fraction of sp³-hybridized carbons (Fsp3) is 0.304. The maximum absolute atomic E-state index is 5.93. The van der Waals surface area contributed by atoms with Gasteiger partial charge in [-0.1, -0.05) is 24.3 Å². The van der Waals surface area contributed by atoms with E-state index in [1.165, 1.54) is 5.69 Å². The minimum Gasteiger partial charge on any atom is -0.376 e. The van der Waals surface area contributed by atoms with Crippen LogP contribution in [0, 0.1) is 0 Å². The van der Waals surface area contributed by atoms with Crippen LogP contribution in [0.15, 0.2) is 73.1 Å². The van der Waals surface area contributed by atoms with Gasteiger partial charge < -0.3 is 19.5 Å². The van der Waals surface area contributed by atoms with Crippen LogP contribution >= 0.6 is 12.2 Å². The number of nitrogens with one attached hydrogen (secondary N) is 1. The molecule has 2 aromatic heterocycles. The fourth-order valence-electron chi connectivity index (χ4n) is 4.39. The molecular weight excluding hydrogens is 380 g/mol. The number of ether oxygens (including phenoxy) is 1. The maximum Gasteiger partial charge on any atom is 0.170 e. The maximum atomic E-state index is 5.93. The molecule has 4 heterocycles. The first-order chi connectivity index (χ1) is 14.3. The van der Waals surface area contributed by atoms with Gasteiger partial charge in [-0.3, -0.25) is 4.98 Å². The van der Waals surface area contributed by atoms with Gasteiger partial charge in [0.25, 0.3) is 0 Å². The standard InChI is InChI=1S/C23H24N4OS/c29-23-25-21(19-11-4-5-13-24-19)22(27(23)16-18-10-7-15-28-18)20-12-6-14-26(20)17-8-2-1-3-9-17/h1-6,8-9,11-14,18,21-22H,7,10,15-16H2,(H,25,29)/t18-,21+,22+/m0/s1. The Bertz CT molecular complexity index is 969. The molecule has 6 heteroatoms. The molecule has 0 saturated carbocycles. The van der Waals surface area contributed by atoms with Gasteiger partial charge in [0.05, 0.1) is 23.9 Å². The number of aromatic nitrogens is 2. The van der Waals surface area contributed by atoms with E-state index < -0.39 is 0 Å². The molecular formula is C23H24N4OS. The number of hydrogen-bond donors (Lipinski definition) is 1. The van der Waals surface area contributed by atoms with Crippen molar-refractivity contribution in [2.45, 2.75) is 31.0 Å². The number of para-hydroxylation sites is 1. The predicted octanol–water partition coefficient (Wildman–Crippen LogP) is 4.02. The summed E-state index contributed by atoms with van der Waals surface area (Å²) in [7, 11) is 0. The van der Waals surface area contributed by atoms with Crippen molar-refractivity contribution in [2.75, 3.05) is 13.2 Å². The van der Waals surface area contributed by atoms with Gasteiger partial charge >= 0.3 is 0 Å². The summed E-state index contributed by atoms with van der Waals surface area (Å²) in [4.78, 5) is 6.93. The molecule has 2 saturated heterocycles. The topological polar surface area (TPSA) is 42.3 Å². The highest BCUT2D eigenvalue weighted by atomic mass is 32.1. The van der Waals surface area contributed by atoms with Crippen molar-refractivity contribution in [1.29, 1.82) is 0 Å². The van der Waals surface area contributed by atoms with Crippen LogP contribution in [0.3, 0.4) is 0 Å². The van der Waals surface area contributed by atoms with E-state index in [0.29, 0.717) is 0 Å². The molecule has 3 aromatic rings. The molecule has 148 valence electrons. The lowest BCUT2D eigenvalue weighted by atomic mass is 10.0. The third-order valence-corrected chi connectivity index (χ3v) is 6.09. The third kappa shape index (κ3) is 3.54. The minimum absolute atomic E-state index is 0.0116. The van der Waals surface area contributed by atoms with Gasteiger partial charge in [-0.25, -0.2) is 0 Å². The van der Waals surface area contributed by atoms with E-state index in [1.807, 2.05) is 24.4 Å². The Hall–Kier alpha value is -2.70. The molecule has 0 amide bonds. The summed E-state index contributed by atoms with van der Waals surface area (Å²) in [6, 6.07) is 20.8. The summed E-state index contributed by atoms with van der Waals surface area (Å²) in [6.45, 7) is 1.63. The van der Waals surface area contributed by atoms with Crippen LogP contribution in [-0.2, 0) is 4.74 Å². The summed E-state index contributed by atoms with van der Waals surface area (Å²) >= 11 is 5.79. The predicted molar refractivity (Wildman–Crippen MR) is 117 cm³/mol. The van der Waals surface area contributed by atoms with Crippen LogP contribution in [0.2, 0.25) is 0 Å². The van der Waals surface area contributed by atoms with Crippen molar-refractivity contribution in [1.82, 2.24) is 19.8 Å². The van der Waals surface area contributed by atoms with E-state index in [-0.39, 0.29) is 18.2 Å². The zero-order valence-corrected chi connectivity index (χ0v) is 17.0. The molecule has 1 aromatic carbocycles. The lowest BCUT2D eigenvalue weighted by molar-refractivity contribution is 0.0836. The lowest BCUT2D eigenvalue weighted by Gasteiger charge is -2.30. The molecule has 0 aliphatic carbocycles. The molecule has 5 rings (SSSR count). The molecule has 0 spiro atoms. The second kappa shape index (κ2) is 7.97. The number of thiocarbonyl (C=S) groups is 1. The molecule has 3 atom stereocenters. The first-order valence-corrected chi connectivity index (χ1v) is 10.5. The van der Waals surface area contributed by atoms with Gasteiger partial charge in [-0.15, -0.1) is 0 Å². The van der Waals surface area contributed by atoms with Crippen molar-refractivity contribution in [3.63, 3.8) is 0 Å². The minimum atomic E-state index is -0.0116. The Balaban J connectivity index is 1.57. The van der Waals surface area contributed by atoms with E-state index in [4.69, 9.17) is 17.0 Å². The van der Waals surface area contributed by atoms with E-state index in [2.05, 4.69) is 68.4 Å². The molecule has 2 fully saturated rings. The van der Waals surface area contributed by atoms with Gasteiger partial charge in [-0.2, -0.15) is 0 Å². The van der Waals surface area contributed by atoms with E-state index in [9.17, 15) is 0 Å². The van der Waals surface area contributed by atoms with Crippen molar-refractivity contribution in [3.8, 4) is 5.69 Å². The van der Waals surface area contributed by atoms with Gasteiger partial charge in [-0.05, 0) is 61.5 Å². The zero-order valence-electron chi connectivity index (χ0n) is 16.1. The molecule has 5 nitrogen and oxygen atoms in total. The van der Waals surface area contributed by atoms with Crippen LogP contribution in [0.4, 0.5) is 0 Å². The number of nitrogens with zero attached hydrogens (tertiary/aromatic N) is 3. The molecule has 0 radical (unpaired) electrons. The monoisotopic (exact) mass is 404 g/mol. The van der Waals surface area contributed by atoms with Crippen LogP contribution in [0.25, 0.3) is 5.69 Å². The fourth-order valence-corrected chi connectivity index (χ4v) is 4.71. The van der Waals surface area contributed by atoms with Crippen molar-refractivity contribution in [3.05, 3.63) is 84.4 Å². The Kier molecular flexibility index (Phi) is 5.04. The van der Waals surface area contributed by atoms with Gasteiger partial charge in [0.2, 0.25) is 0 Å². The number of pyridine rings is 1. The van der Waals surface area contributed by atoms with Gasteiger partial charge in [0.1, 0.15) is 0 Å². The third-order valence-electron chi connectivity index (χ3n) is 5.74. The number of benzene rings is 1. The normalized spacial score (nSPS) is 24.1.